The van der Waals surface area contributed by atoms with E-state index in [4.69, 9.17) is 17.0 Å². The Kier molecular flexibility index (Phi) is 5.73. The number of carboxylic acids is 1. The summed E-state index contributed by atoms with van der Waals surface area (Å²) in [6.45, 7) is 0. The van der Waals surface area contributed by atoms with E-state index in [1.54, 1.807) is 37.6 Å². The summed E-state index contributed by atoms with van der Waals surface area (Å²) in [6, 6.07) is 24.0. The van der Waals surface area contributed by atoms with E-state index in [0.29, 0.717) is 10.9 Å². The molecule has 3 heterocycles. The number of ether oxygens (including phenoxy) is 1. The van der Waals surface area contributed by atoms with E-state index in [1.165, 1.54) is 0 Å². The molecule has 1 fully saturated rings. The highest BCUT2D eigenvalue weighted by atomic mass is 32.1. The lowest BCUT2D eigenvalue weighted by atomic mass is 10.0. The van der Waals surface area contributed by atoms with Crippen molar-refractivity contribution in [3.05, 3.63) is 108 Å². The van der Waals surface area contributed by atoms with Crippen LogP contribution in [0, 0.1) is 0 Å². The molecule has 0 unspecified atom stereocenters. The van der Waals surface area contributed by atoms with E-state index in [1.807, 2.05) is 65.4 Å². The first-order valence-electron chi connectivity index (χ1n) is 10.7. The maximum absolute atomic E-state index is 11.3. The molecule has 2 atom stereocenters. The van der Waals surface area contributed by atoms with Crippen LogP contribution in [0.5, 0.6) is 5.75 Å². The minimum atomic E-state index is -0.956. The number of anilines is 1. The van der Waals surface area contributed by atoms with Crippen LogP contribution in [-0.2, 0) is 0 Å². The van der Waals surface area contributed by atoms with Crippen molar-refractivity contribution in [2.75, 3.05) is 12.0 Å². The summed E-state index contributed by atoms with van der Waals surface area (Å²) in [5.74, 6) is -0.246. The molecule has 8 heteroatoms. The lowest BCUT2D eigenvalue weighted by Gasteiger charge is -2.30. The van der Waals surface area contributed by atoms with Crippen LogP contribution in [-0.4, -0.2) is 32.8 Å². The smallest absolute Gasteiger partial charge is 0.335 e. The number of para-hydroxylation sites is 2. The number of aromatic nitrogens is 2. The Labute approximate surface area is 202 Å². The molecule has 0 bridgehead atoms. The van der Waals surface area contributed by atoms with Gasteiger partial charge in [0.15, 0.2) is 5.11 Å². The Balaban J connectivity index is 1.66. The molecule has 7 nitrogen and oxygen atoms in total. The van der Waals surface area contributed by atoms with Crippen LogP contribution in [0.2, 0.25) is 0 Å². The second-order valence-corrected chi connectivity index (χ2v) is 8.21. The number of hydrogen-bond acceptors (Lipinski definition) is 4. The lowest BCUT2D eigenvalue weighted by Crippen LogP contribution is -2.30. The molecule has 0 saturated carbocycles. The number of nitrogens with zero attached hydrogens (tertiary/aromatic N) is 3. The van der Waals surface area contributed by atoms with Gasteiger partial charge in [0, 0.05) is 23.8 Å². The summed E-state index contributed by atoms with van der Waals surface area (Å²) in [7, 11) is 1.64. The van der Waals surface area contributed by atoms with Gasteiger partial charge in [0.1, 0.15) is 11.8 Å². The number of methoxy groups -OCH3 is 1. The third-order valence-corrected chi connectivity index (χ3v) is 6.23. The molecule has 0 amide bonds. The molecular weight excluding hydrogens is 448 g/mol. The number of hydrogen-bond donors (Lipinski definition) is 2. The van der Waals surface area contributed by atoms with E-state index in [9.17, 15) is 9.90 Å². The molecule has 0 spiro atoms. The molecule has 0 radical (unpaired) electrons. The number of rotatable bonds is 6. The number of carbonyl (C=O) groups is 1. The van der Waals surface area contributed by atoms with Crippen molar-refractivity contribution in [3.63, 3.8) is 0 Å². The van der Waals surface area contributed by atoms with Crippen LogP contribution >= 0.6 is 12.2 Å². The van der Waals surface area contributed by atoms with Crippen molar-refractivity contribution in [2.24, 2.45) is 0 Å². The third-order valence-electron chi connectivity index (χ3n) is 5.92. The zero-order valence-electron chi connectivity index (χ0n) is 18.3. The second kappa shape index (κ2) is 8.99. The van der Waals surface area contributed by atoms with Crippen LogP contribution in [0.4, 0.5) is 5.69 Å². The molecule has 5 rings (SSSR count). The maximum atomic E-state index is 11.3. The van der Waals surface area contributed by atoms with Gasteiger partial charge in [0.05, 0.1) is 30.1 Å². The molecule has 170 valence electrons. The molecule has 34 heavy (non-hydrogen) atoms. The Hall–Kier alpha value is -4.17. The van der Waals surface area contributed by atoms with Gasteiger partial charge in [0.25, 0.3) is 0 Å². The number of aromatic carboxylic acids is 1. The number of thiocarbonyl (C=S) groups is 1. The van der Waals surface area contributed by atoms with Crippen LogP contribution in [0.1, 0.15) is 33.8 Å². The van der Waals surface area contributed by atoms with Gasteiger partial charge >= 0.3 is 5.97 Å². The largest absolute Gasteiger partial charge is 0.495 e. The third kappa shape index (κ3) is 3.78. The SMILES string of the molecule is COc1ccccc1N1C(=S)N[C@@H](c2ccccn2)[C@@H]1c1cccn1-c1ccc(C(=O)O)cc1. The van der Waals surface area contributed by atoms with Crippen molar-refractivity contribution in [3.8, 4) is 11.4 Å². The minimum absolute atomic E-state index is 0.217. The fourth-order valence-corrected chi connectivity index (χ4v) is 4.72. The van der Waals surface area contributed by atoms with Gasteiger partial charge in [-0.3, -0.25) is 4.98 Å². The van der Waals surface area contributed by atoms with E-state index in [0.717, 1.165) is 22.8 Å². The summed E-state index contributed by atoms with van der Waals surface area (Å²) in [6.07, 6.45) is 3.73. The predicted octanol–water partition coefficient (Wildman–Crippen LogP) is 4.76. The molecule has 0 aliphatic carbocycles. The second-order valence-electron chi connectivity index (χ2n) is 7.82. The van der Waals surface area contributed by atoms with Gasteiger partial charge in [-0.2, -0.15) is 0 Å². The van der Waals surface area contributed by atoms with Crippen LogP contribution in [0.25, 0.3) is 5.69 Å². The average Bonchev–Trinajstić information content (AvgIpc) is 3.48. The molecule has 1 aliphatic heterocycles. The predicted molar refractivity (Wildman–Crippen MR) is 134 cm³/mol. The highest BCUT2D eigenvalue weighted by Crippen LogP contribution is 2.44. The van der Waals surface area contributed by atoms with E-state index >= 15 is 0 Å². The molecule has 2 aromatic carbocycles. The zero-order valence-corrected chi connectivity index (χ0v) is 19.1. The van der Waals surface area contributed by atoms with Gasteiger partial charge in [0.2, 0.25) is 0 Å². The van der Waals surface area contributed by atoms with Crippen molar-refractivity contribution >= 4 is 29.0 Å². The molecule has 4 aromatic rings. The van der Waals surface area contributed by atoms with Gasteiger partial charge in [-0.05, 0) is 72.9 Å². The van der Waals surface area contributed by atoms with Gasteiger partial charge in [-0.1, -0.05) is 18.2 Å². The Morgan fingerprint density at radius 3 is 2.50 bits per heavy atom. The Morgan fingerprint density at radius 2 is 1.79 bits per heavy atom. The monoisotopic (exact) mass is 470 g/mol. The van der Waals surface area contributed by atoms with Crippen LogP contribution in [0.3, 0.4) is 0 Å². The van der Waals surface area contributed by atoms with Crippen molar-refractivity contribution in [1.29, 1.82) is 0 Å². The first-order chi connectivity index (χ1) is 16.6. The highest BCUT2D eigenvalue weighted by Gasteiger charge is 2.43. The molecule has 1 aliphatic rings. The molecular formula is C26H22N4O3S. The first kappa shape index (κ1) is 21.7. The standard InChI is InChI=1S/C26H22N4O3S/c1-33-22-10-3-2-8-20(22)30-24(23(28-26(30)34)19-7-4-5-15-27-19)21-9-6-16-29(21)18-13-11-17(12-14-18)25(31)32/h2-16,23-24H,1H3,(H,28,34)(H,31,32)/t23-,24-/m0/s1. The summed E-state index contributed by atoms with van der Waals surface area (Å²) in [5, 5.41) is 13.3. The van der Waals surface area contributed by atoms with Crippen molar-refractivity contribution in [1.82, 2.24) is 14.9 Å². The summed E-state index contributed by atoms with van der Waals surface area (Å²) >= 11 is 5.82. The topological polar surface area (TPSA) is 79.6 Å². The fourth-order valence-electron chi connectivity index (χ4n) is 4.38. The molecule has 2 aromatic heterocycles. The Morgan fingerprint density at radius 1 is 1.03 bits per heavy atom. The first-order valence-corrected chi connectivity index (χ1v) is 11.1. The highest BCUT2D eigenvalue weighted by molar-refractivity contribution is 7.80. The Bertz CT molecular complexity index is 1340. The van der Waals surface area contributed by atoms with Crippen LogP contribution < -0.4 is 15.0 Å². The zero-order chi connectivity index (χ0) is 23.7. The number of benzene rings is 2. The normalized spacial score (nSPS) is 17.4. The maximum Gasteiger partial charge on any atom is 0.335 e. The van der Waals surface area contributed by atoms with E-state index < -0.39 is 5.97 Å². The van der Waals surface area contributed by atoms with Crippen molar-refractivity contribution in [2.45, 2.75) is 12.1 Å². The van der Waals surface area contributed by atoms with Gasteiger partial charge in [-0.15, -0.1) is 0 Å². The summed E-state index contributed by atoms with van der Waals surface area (Å²) < 4.78 is 7.70. The van der Waals surface area contributed by atoms with Crippen LogP contribution in [0.15, 0.2) is 91.3 Å². The summed E-state index contributed by atoms with van der Waals surface area (Å²) in [5.41, 5.74) is 3.77. The van der Waals surface area contributed by atoms with Crippen molar-refractivity contribution < 1.29 is 14.6 Å². The number of pyridine rings is 1. The summed E-state index contributed by atoms with van der Waals surface area (Å²) in [4.78, 5) is 18.0. The fraction of sp³-hybridized carbons (Fsp3) is 0.115. The van der Waals surface area contributed by atoms with E-state index in [2.05, 4.69) is 15.2 Å². The van der Waals surface area contributed by atoms with Gasteiger partial charge < -0.3 is 24.6 Å². The van der Waals surface area contributed by atoms with E-state index in [-0.39, 0.29) is 17.6 Å². The molecule has 1 saturated heterocycles. The minimum Gasteiger partial charge on any atom is -0.495 e. The molecule has 2 N–H and O–H groups in total. The van der Waals surface area contributed by atoms with Gasteiger partial charge in [-0.25, -0.2) is 4.79 Å². The number of nitrogens with one attached hydrogen (secondary N) is 1. The quantitative estimate of drug-likeness (QED) is 0.394. The number of carboxylic acid groups (broad SMARTS) is 1. The lowest BCUT2D eigenvalue weighted by molar-refractivity contribution is 0.0697. The average molecular weight is 471 g/mol.